The highest BCUT2D eigenvalue weighted by Crippen LogP contribution is 2.26. The van der Waals surface area contributed by atoms with Crippen LogP contribution >= 0.6 is 0 Å². The van der Waals surface area contributed by atoms with E-state index in [2.05, 4.69) is 20.3 Å². The summed E-state index contributed by atoms with van der Waals surface area (Å²) in [6.45, 7) is 2.14. The fraction of sp³-hybridized carbons (Fsp3) is 0.562. The molecule has 4 heterocycles. The average Bonchev–Trinajstić information content (AvgIpc) is 3.15. The number of hydrogen-bond donors (Lipinski definition) is 1. The molecule has 0 amide bonds. The molecular formula is C16H23N7O2S. The normalized spacial score (nSPS) is 24.5. The Morgan fingerprint density at radius 3 is 3.00 bits per heavy atom. The third-order valence-electron chi connectivity index (χ3n) is 4.92. The molecule has 4 rings (SSSR count). The van der Waals surface area contributed by atoms with Gasteiger partial charge in [-0.15, -0.1) is 0 Å². The molecule has 2 aliphatic rings. The summed E-state index contributed by atoms with van der Waals surface area (Å²) >= 11 is 0. The van der Waals surface area contributed by atoms with Gasteiger partial charge in [0.1, 0.15) is 5.82 Å². The SMILES string of the molecule is CN(Cc1cnn(C)c1)c1nccc(N2CCN[C@@H]3CS(=O)(=O)C[C@@H]32)n1. The van der Waals surface area contributed by atoms with Crippen LogP contribution in [-0.2, 0) is 23.4 Å². The van der Waals surface area contributed by atoms with Crippen LogP contribution in [0.3, 0.4) is 0 Å². The van der Waals surface area contributed by atoms with Crippen molar-refractivity contribution >= 4 is 21.6 Å². The molecule has 2 atom stereocenters. The number of rotatable bonds is 4. The molecule has 0 bridgehead atoms. The van der Waals surface area contributed by atoms with Gasteiger partial charge in [-0.2, -0.15) is 10.1 Å². The molecule has 2 saturated heterocycles. The third-order valence-corrected chi connectivity index (χ3v) is 6.64. The van der Waals surface area contributed by atoms with Crippen LogP contribution in [0.25, 0.3) is 0 Å². The lowest BCUT2D eigenvalue weighted by Gasteiger charge is -2.38. The van der Waals surface area contributed by atoms with Crippen molar-refractivity contribution in [1.29, 1.82) is 0 Å². The number of aromatic nitrogens is 4. The first kappa shape index (κ1) is 17.2. The summed E-state index contributed by atoms with van der Waals surface area (Å²) in [6.07, 6.45) is 5.52. The molecule has 0 aromatic carbocycles. The first-order chi connectivity index (χ1) is 12.4. The van der Waals surface area contributed by atoms with Gasteiger partial charge < -0.3 is 15.1 Å². The maximum atomic E-state index is 12.0. The molecule has 0 saturated carbocycles. The van der Waals surface area contributed by atoms with E-state index in [1.807, 2.05) is 37.5 Å². The second-order valence-corrected chi connectivity index (χ2v) is 9.15. The quantitative estimate of drug-likeness (QED) is 0.756. The van der Waals surface area contributed by atoms with E-state index in [-0.39, 0.29) is 23.6 Å². The summed E-state index contributed by atoms with van der Waals surface area (Å²) in [4.78, 5) is 13.1. The van der Waals surface area contributed by atoms with Crippen LogP contribution in [-0.4, -0.2) is 71.9 Å². The van der Waals surface area contributed by atoms with E-state index < -0.39 is 9.84 Å². The molecule has 140 valence electrons. The summed E-state index contributed by atoms with van der Waals surface area (Å²) in [5, 5.41) is 7.51. The van der Waals surface area contributed by atoms with Gasteiger partial charge in [0, 0.05) is 57.7 Å². The van der Waals surface area contributed by atoms with Crippen LogP contribution in [0.4, 0.5) is 11.8 Å². The van der Waals surface area contributed by atoms with Crippen LogP contribution in [0.1, 0.15) is 5.56 Å². The zero-order chi connectivity index (χ0) is 18.3. The summed E-state index contributed by atoms with van der Waals surface area (Å²) in [5.74, 6) is 1.77. The fourth-order valence-corrected chi connectivity index (χ4v) is 5.69. The number of nitrogens with one attached hydrogen (secondary N) is 1. The Labute approximate surface area is 153 Å². The van der Waals surface area contributed by atoms with Crippen molar-refractivity contribution < 1.29 is 8.42 Å². The van der Waals surface area contributed by atoms with Crippen molar-refractivity contribution in [2.24, 2.45) is 7.05 Å². The minimum atomic E-state index is -3.00. The minimum Gasteiger partial charge on any atom is -0.350 e. The molecule has 9 nitrogen and oxygen atoms in total. The highest BCUT2D eigenvalue weighted by atomic mass is 32.2. The van der Waals surface area contributed by atoms with Gasteiger partial charge in [0.05, 0.1) is 23.7 Å². The summed E-state index contributed by atoms with van der Waals surface area (Å²) in [5.41, 5.74) is 1.08. The Kier molecular flexibility index (Phi) is 4.31. The maximum Gasteiger partial charge on any atom is 0.227 e. The zero-order valence-electron chi connectivity index (χ0n) is 14.9. The molecule has 2 aromatic heterocycles. The maximum absolute atomic E-state index is 12.0. The minimum absolute atomic E-state index is 0.0275. The summed E-state index contributed by atoms with van der Waals surface area (Å²) < 4.78 is 25.8. The number of piperazine rings is 1. The van der Waals surface area contributed by atoms with Crippen molar-refractivity contribution in [2.75, 3.05) is 41.4 Å². The number of fused-ring (bicyclic) bond motifs is 1. The predicted molar refractivity (Wildman–Crippen MR) is 98.9 cm³/mol. The van der Waals surface area contributed by atoms with E-state index in [4.69, 9.17) is 4.98 Å². The smallest absolute Gasteiger partial charge is 0.227 e. The molecule has 26 heavy (non-hydrogen) atoms. The number of nitrogens with zero attached hydrogens (tertiary/aromatic N) is 6. The first-order valence-corrected chi connectivity index (χ1v) is 10.5. The van der Waals surface area contributed by atoms with Gasteiger partial charge in [-0.25, -0.2) is 13.4 Å². The van der Waals surface area contributed by atoms with Crippen LogP contribution in [0.2, 0.25) is 0 Å². The predicted octanol–water partition coefficient (Wildman–Crippen LogP) is -0.578. The summed E-state index contributed by atoms with van der Waals surface area (Å²) in [6, 6.07) is 1.76. The Morgan fingerprint density at radius 2 is 2.23 bits per heavy atom. The molecule has 10 heteroatoms. The molecule has 0 aliphatic carbocycles. The number of aryl methyl sites for hydroxylation is 1. The molecule has 0 unspecified atom stereocenters. The standard InChI is InChI=1S/C16H23N7O2S/c1-21(8-12-7-19-22(2)9-12)16-18-4-3-15(20-16)23-6-5-17-13-10-26(24,25)11-14(13)23/h3-4,7,9,13-14,17H,5-6,8,10-11H2,1-2H3/t13-,14+/m1/s1. The summed E-state index contributed by atoms with van der Waals surface area (Å²) in [7, 11) is 0.821. The van der Waals surface area contributed by atoms with Gasteiger partial charge in [0.25, 0.3) is 0 Å². The monoisotopic (exact) mass is 377 g/mol. The van der Waals surface area contributed by atoms with Crippen molar-refractivity contribution in [2.45, 2.75) is 18.6 Å². The van der Waals surface area contributed by atoms with Gasteiger partial charge in [0.15, 0.2) is 9.84 Å². The van der Waals surface area contributed by atoms with Gasteiger partial charge in [0.2, 0.25) is 5.95 Å². The third kappa shape index (κ3) is 3.38. The molecule has 1 N–H and O–H groups in total. The van der Waals surface area contributed by atoms with Gasteiger partial charge >= 0.3 is 0 Å². The molecule has 0 spiro atoms. The zero-order valence-corrected chi connectivity index (χ0v) is 15.7. The Morgan fingerprint density at radius 1 is 1.38 bits per heavy atom. The van der Waals surface area contributed by atoms with Crippen molar-refractivity contribution in [3.05, 3.63) is 30.2 Å². The van der Waals surface area contributed by atoms with Crippen LogP contribution in [0.15, 0.2) is 24.7 Å². The van der Waals surface area contributed by atoms with E-state index in [9.17, 15) is 8.42 Å². The topological polar surface area (TPSA) is 96.3 Å². The largest absolute Gasteiger partial charge is 0.350 e. The highest BCUT2D eigenvalue weighted by molar-refractivity contribution is 7.91. The lowest BCUT2D eigenvalue weighted by molar-refractivity contribution is 0.422. The number of anilines is 2. The fourth-order valence-electron chi connectivity index (χ4n) is 3.73. The van der Waals surface area contributed by atoms with E-state index in [1.165, 1.54) is 0 Å². The Balaban J connectivity index is 1.55. The lowest BCUT2D eigenvalue weighted by Crippen LogP contribution is -2.57. The van der Waals surface area contributed by atoms with Crippen molar-refractivity contribution in [3.63, 3.8) is 0 Å². The van der Waals surface area contributed by atoms with Crippen LogP contribution in [0.5, 0.6) is 0 Å². The Bertz CT molecular complexity index is 898. The molecule has 2 aromatic rings. The van der Waals surface area contributed by atoms with E-state index in [0.29, 0.717) is 12.5 Å². The average molecular weight is 377 g/mol. The second kappa shape index (κ2) is 6.51. The Hall–Kier alpha value is -2.20. The van der Waals surface area contributed by atoms with Gasteiger partial charge in [-0.3, -0.25) is 4.68 Å². The lowest BCUT2D eigenvalue weighted by atomic mass is 10.1. The molecule has 2 aliphatic heterocycles. The molecule has 2 fully saturated rings. The van der Waals surface area contributed by atoms with E-state index >= 15 is 0 Å². The van der Waals surface area contributed by atoms with Gasteiger partial charge in [-0.05, 0) is 6.07 Å². The van der Waals surface area contributed by atoms with Crippen molar-refractivity contribution in [3.8, 4) is 0 Å². The van der Waals surface area contributed by atoms with Crippen molar-refractivity contribution in [1.82, 2.24) is 25.1 Å². The highest BCUT2D eigenvalue weighted by Gasteiger charge is 2.43. The van der Waals surface area contributed by atoms with E-state index in [1.54, 1.807) is 10.9 Å². The second-order valence-electron chi connectivity index (χ2n) is 6.99. The van der Waals surface area contributed by atoms with Crippen LogP contribution in [0, 0.1) is 0 Å². The number of hydrogen-bond acceptors (Lipinski definition) is 8. The molecular weight excluding hydrogens is 354 g/mol. The molecule has 0 radical (unpaired) electrons. The van der Waals surface area contributed by atoms with Crippen LogP contribution < -0.4 is 15.1 Å². The first-order valence-electron chi connectivity index (χ1n) is 8.63. The van der Waals surface area contributed by atoms with E-state index in [0.717, 1.165) is 24.5 Å². The number of sulfone groups is 1. The van der Waals surface area contributed by atoms with Gasteiger partial charge in [-0.1, -0.05) is 0 Å².